The van der Waals surface area contributed by atoms with Crippen molar-refractivity contribution in [2.75, 3.05) is 25.0 Å². The highest BCUT2D eigenvalue weighted by Gasteiger charge is 2.31. The Kier molecular flexibility index (Phi) is 3.58. The van der Waals surface area contributed by atoms with Crippen LogP contribution in [-0.2, 0) is 17.8 Å². The Balaban J connectivity index is 1.62. The van der Waals surface area contributed by atoms with Gasteiger partial charge in [-0.3, -0.25) is 4.79 Å². The van der Waals surface area contributed by atoms with E-state index in [-0.39, 0.29) is 18.4 Å². The van der Waals surface area contributed by atoms with Crippen LogP contribution in [0.2, 0.25) is 0 Å². The lowest BCUT2D eigenvalue weighted by molar-refractivity contribution is -0.119. The SMILES string of the molecule is O=C(Nc1nc2c(s1)CNCC2)[C@H]1CCN(C(=O)O)C1. The van der Waals surface area contributed by atoms with Crippen LogP contribution in [0.15, 0.2) is 0 Å². The van der Waals surface area contributed by atoms with Gasteiger partial charge in [0.15, 0.2) is 5.13 Å². The van der Waals surface area contributed by atoms with Gasteiger partial charge in [-0.1, -0.05) is 0 Å². The number of hydrogen-bond acceptors (Lipinski definition) is 5. The van der Waals surface area contributed by atoms with Crippen LogP contribution in [0.1, 0.15) is 17.0 Å². The van der Waals surface area contributed by atoms with Crippen LogP contribution in [0.5, 0.6) is 0 Å². The summed E-state index contributed by atoms with van der Waals surface area (Å²) in [6.45, 7) is 2.42. The van der Waals surface area contributed by atoms with Crippen molar-refractivity contribution in [2.24, 2.45) is 5.92 Å². The first-order valence-electron chi connectivity index (χ1n) is 6.61. The lowest BCUT2D eigenvalue weighted by Gasteiger charge is -2.11. The Morgan fingerprint density at radius 1 is 1.50 bits per heavy atom. The molecule has 3 heterocycles. The minimum Gasteiger partial charge on any atom is -0.465 e. The molecule has 8 heteroatoms. The molecular weight excluding hydrogens is 280 g/mol. The third-order valence-corrected chi connectivity index (χ3v) is 4.68. The summed E-state index contributed by atoms with van der Waals surface area (Å²) in [4.78, 5) is 29.8. The summed E-state index contributed by atoms with van der Waals surface area (Å²) in [5.41, 5.74) is 1.06. The van der Waals surface area contributed by atoms with Crippen molar-refractivity contribution in [1.82, 2.24) is 15.2 Å². The molecule has 2 aliphatic rings. The average molecular weight is 296 g/mol. The number of amides is 2. The highest BCUT2D eigenvalue weighted by Crippen LogP contribution is 2.26. The van der Waals surface area contributed by atoms with Gasteiger partial charge >= 0.3 is 6.09 Å². The van der Waals surface area contributed by atoms with Gasteiger partial charge in [0.05, 0.1) is 11.6 Å². The Hall–Kier alpha value is -1.67. The van der Waals surface area contributed by atoms with Crippen LogP contribution in [0, 0.1) is 5.92 Å². The van der Waals surface area contributed by atoms with Crippen molar-refractivity contribution in [2.45, 2.75) is 19.4 Å². The van der Waals surface area contributed by atoms with Crippen molar-refractivity contribution in [3.05, 3.63) is 10.6 Å². The molecule has 1 fully saturated rings. The van der Waals surface area contributed by atoms with Gasteiger partial charge < -0.3 is 20.6 Å². The number of likely N-dealkylation sites (tertiary alicyclic amines) is 1. The molecule has 2 amide bonds. The van der Waals surface area contributed by atoms with E-state index in [0.29, 0.717) is 18.1 Å². The van der Waals surface area contributed by atoms with E-state index < -0.39 is 6.09 Å². The predicted octanol–water partition coefficient (Wildman–Crippen LogP) is 0.727. The number of hydrogen-bond donors (Lipinski definition) is 3. The number of carbonyl (C=O) groups excluding carboxylic acids is 1. The van der Waals surface area contributed by atoms with Crippen LogP contribution in [-0.4, -0.2) is 46.6 Å². The van der Waals surface area contributed by atoms with E-state index in [2.05, 4.69) is 15.6 Å². The predicted molar refractivity (Wildman–Crippen MR) is 73.9 cm³/mol. The summed E-state index contributed by atoms with van der Waals surface area (Å²) in [6.07, 6.45) is 0.499. The molecule has 108 valence electrons. The molecular formula is C12H16N4O3S. The van der Waals surface area contributed by atoms with Crippen molar-refractivity contribution in [1.29, 1.82) is 0 Å². The normalized spacial score (nSPS) is 21.6. The number of anilines is 1. The molecule has 0 aliphatic carbocycles. The highest BCUT2D eigenvalue weighted by molar-refractivity contribution is 7.15. The van der Waals surface area contributed by atoms with Gasteiger partial charge in [-0.2, -0.15) is 0 Å². The fraction of sp³-hybridized carbons (Fsp3) is 0.583. The number of nitrogens with zero attached hydrogens (tertiary/aromatic N) is 2. The molecule has 2 aliphatic heterocycles. The van der Waals surface area contributed by atoms with Gasteiger partial charge in [0.2, 0.25) is 5.91 Å². The minimum atomic E-state index is -0.962. The fourth-order valence-electron chi connectivity index (χ4n) is 2.53. The maximum atomic E-state index is 12.1. The van der Waals surface area contributed by atoms with Crippen molar-refractivity contribution >= 4 is 28.5 Å². The molecule has 0 aromatic carbocycles. The first kappa shape index (κ1) is 13.3. The van der Waals surface area contributed by atoms with E-state index >= 15 is 0 Å². The number of carbonyl (C=O) groups is 2. The molecule has 0 bridgehead atoms. The molecule has 3 rings (SSSR count). The summed E-state index contributed by atoms with van der Waals surface area (Å²) >= 11 is 1.49. The van der Waals surface area contributed by atoms with Crippen molar-refractivity contribution in [3.63, 3.8) is 0 Å². The Morgan fingerprint density at radius 2 is 2.35 bits per heavy atom. The molecule has 1 atom stereocenters. The number of thiazole rings is 1. The minimum absolute atomic E-state index is 0.132. The van der Waals surface area contributed by atoms with Crippen molar-refractivity contribution in [3.8, 4) is 0 Å². The monoisotopic (exact) mass is 296 g/mol. The second-order valence-corrected chi connectivity index (χ2v) is 6.10. The van der Waals surface area contributed by atoms with Crippen LogP contribution in [0.25, 0.3) is 0 Å². The number of aromatic nitrogens is 1. The second-order valence-electron chi connectivity index (χ2n) is 5.02. The number of nitrogens with one attached hydrogen (secondary N) is 2. The summed E-state index contributed by atoms with van der Waals surface area (Å²) in [7, 11) is 0. The van der Waals surface area contributed by atoms with Gasteiger partial charge in [-0.05, 0) is 6.42 Å². The fourth-order valence-corrected chi connectivity index (χ4v) is 3.52. The van der Waals surface area contributed by atoms with E-state index in [1.54, 1.807) is 0 Å². The highest BCUT2D eigenvalue weighted by atomic mass is 32.1. The largest absolute Gasteiger partial charge is 0.465 e. The van der Waals surface area contributed by atoms with Gasteiger partial charge in [-0.25, -0.2) is 9.78 Å². The zero-order valence-electron chi connectivity index (χ0n) is 10.9. The quantitative estimate of drug-likeness (QED) is 0.748. The van der Waals surface area contributed by atoms with Crippen LogP contribution in [0.3, 0.4) is 0 Å². The maximum Gasteiger partial charge on any atom is 0.407 e. The Morgan fingerprint density at radius 3 is 3.05 bits per heavy atom. The van der Waals surface area contributed by atoms with Gasteiger partial charge in [-0.15, -0.1) is 11.3 Å². The van der Waals surface area contributed by atoms with Gasteiger partial charge in [0.25, 0.3) is 0 Å². The van der Waals surface area contributed by atoms with Crippen LogP contribution >= 0.6 is 11.3 Å². The van der Waals surface area contributed by atoms with E-state index in [0.717, 1.165) is 25.2 Å². The molecule has 7 nitrogen and oxygen atoms in total. The average Bonchev–Trinajstić information content (AvgIpc) is 3.04. The first-order valence-corrected chi connectivity index (χ1v) is 7.43. The smallest absolute Gasteiger partial charge is 0.407 e. The third kappa shape index (κ3) is 2.61. The molecule has 1 saturated heterocycles. The summed E-state index contributed by atoms with van der Waals surface area (Å²) < 4.78 is 0. The van der Waals surface area contributed by atoms with Crippen LogP contribution in [0.4, 0.5) is 9.93 Å². The van der Waals surface area contributed by atoms with Gasteiger partial charge in [0, 0.05) is 37.5 Å². The zero-order chi connectivity index (χ0) is 14.1. The molecule has 0 spiro atoms. The van der Waals surface area contributed by atoms with Crippen molar-refractivity contribution < 1.29 is 14.7 Å². The molecule has 1 aromatic rings. The summed E-state index contributed by atoms with van der Waals surface area (Å²) in [6, 6.07) is 0. The molecule has 1 aromatic heterocycles. The second kappa shape index (κ2) is 5.37. The molecule has 20 heavy (non-hydrogen) atoms. The molecule has 3 N–H and O–H groups in total. The number of rotatable bonds is 2. The first-order chi connectivity index (χ1) is 9.63. The molecule has 0 unspecified atom stereocenters. The lowest BCUT2D eigenvalue weighted by Crippen LogP contribution is -2.30. The van der Waals surface area contributed by atoms with E-state index in [1.807, 2.05) is 0 Å². The summed E-state index contributed by atoms with van der Waals surface area (Å²) in [5.74, 6) is -0.405. The van der Waals surface area contributed by atoms with Crippen LogP contribution < -0.4 is 10.6 Å². The van der Waals surface area contributed by atoms with E-state index in [9.17, 15) is 9.59 Å². The van der Waals surface area contributed by atoms with E-state index in [1.165, 1.54) is 21.1 Å². The number of carboxylic acid groups (broad SMARTS) is 1. The van der Waals surface area contributed by atoms with Gasteiger partial charge in [0.1, 0.15) is 0 Å². The third-order valence-electron chi connectivity index (χ3n) is 3.66. The Bertz CT molecular complexity index is 521. The van der Waals surface area contributed by atoms with E-state index in [4.69, 9.17) is 5.11 Å². The number of fused-ring (bicyclic) bond motifs is 1. The lowest BCUT2D eigenvalue weighted by atomic mass is 10.1. The Labute approximate surface area is 120 Å². The zero-order valence-corrected chi connectivity index (χ0v) is 11.7. The maximum absolute atomic E-state index is 12.1. The standard InChI is InChI=1S/C12H16N4O3S/c17-10(7-2-4-16(6-7)12(18)19)15-11-14-8-1-3-13-5-9(8)20-11/h7,13H,1-6H2,(H,18,19)(H,14,15,17)/t7-/m0/s1. The molecule has 0 radical (unpaired) electrons. The molecule has 0 saturated carbocycles. The topological polar surface area (TPSA) is 94.6 Å². The summed E-state index contributed by atoms with van der Waals surface area (Å²) in [5, 5.41) is 15.6.